The monoisotopic (exact) mass is 553 g/mol. The summed E-state index contributed by atoms with van der Waals surface area (Å²) >= 11 is 0. The lowest BCUT2D eigenvalue weighted by Crippen LogP contribution is -2.50. The van der Waals surface area contributed by atoms with Gasteiger partial charge in [0.05, 0.1) is 30.9 Å². The molecule has 1 aliphatic carbocycles. The molecular weight excluding hydrogens is 528 g/mol. The van der Waals surface area contributed by atoms with E-state index in [9.17, 15) is 22.7 Å². The lowest BCUT2D eigenvalue weighted by atomic mass is 9.95. The molecule has 208 valence electrons. The Morgan fingerprint density at radius 1 is 0.974 bits per heavy atom. The topological polar surface area (TPSA) is 60.8 Å². The molecular formula is C28H25F6NO4. The SMILES string of the molecule is C[C@@H]1Cc2cnc(OCc3cc(-c4c(F)cc(OCCC5(O)COC5)cc4F)c(C(F)(F)F)cc3F)cc2C1. The summed E-state index contributed by atoms with van der Waals surface area (Å²) in [4.78, 5) is 4.17. The molecule has 3 aromatic rings. The number of halogens is 6. The summed E-state index contributed by atoms with van der Waals surface area (Å²) in [5.41, 5.74) is -2.70. The fourth-order valence-corrected chi connectivity index (χ4v) is 4.83. The van der Waals surface area contributed by atoms with Gasteiger partial charge in [-0.25, -0.2) is 18.2 Å². The lowest BCUT2D eigenvalue weighted by Gasteiger charge is -2.36. The van der Waals surface area contributed by atoms with Crippen LogP contribution in [-0.2, 0) is 30.4 Å². The highest BCUT2D eigenvalue weighted by Crippen LogP contribution is 2.41. The molecule has 1 fully saturated rings. The van der Waals surface area contributed by atoms with Gasteiger partial charge in [0.2, 0.25) is 5.88 Å². The molecule has 1 aliphatic heterocycles. The zero-order chi connectivity index (χ0) is 27.9. The number of ether oxygens (including phenoxy) is 3. The van der Waals surface area contributed by atoms with Gasteiger partial charge in [-0.3, -0.25) is 0 Å². The first-order valence-corrected chi connectivity index (χ1v) is 12.3. The number of rotatable bonds is 8. The normalized spacial score (nSPS) is 18.0. The molecule has 0 unspecified atom stereocenters. The van der Waals surface area contributed by atoms with Gasteiger partial charge in [-0.15, -0.1) is 0 Å². The summed E-state index contributed by atoms with van der Waals surface area (Å²) in [7, 11) is 0. The quantitative estimate of drug-likeness (QED) is 0.346. The molecule has 1 atom stereocenters. The Balaban J connectivity index is 1.41. The van der Waals surface area contributed by atoms with Crippen molar-refractivity contribution in [3.05, 3.63) is 76.2 Å². The van der Waals surface area contributed by atoms with Crippen LogP contribution in [0.3, 0.4) is 0 Å². The number of pyridine rings is 1. The summed E-state index contributed by atoms with van der Waals surface area (Å²) in [5, 5.41) is 10.0. The van der Waals surface area contributed by atoms with Gasteiger partial charge in [-0.2, -0.15) is 13.2 Å². The minimum absolute atomic E-state index is 0.0977. The largest absolute Gasteiger partial charge is 0.493 e. The second kappa shape index (κ2) is 10.3. The van der Waals surface area contributed by atoms with Crippen molar-refractivity contribution in [3.8, 4) is 22.8 Å². The van der Waals surface area contributed by atoms with E-state index in [1.807, 2.05) is 0 Å². The van der Waals surface area contributed by atoms with Gasteiger partial charge in [-0.05, 0) is 42.0 Å². The zero-order valence-corrected chi connectivity index (χ0v) is 20.9. The Labute approximate surface area is 220 Å². The first-order chi connectivity index (χ1) is 18.4. The Hall–Kier alpha value is -3.31. The Kier molecular flexibility index (Phi) is 7.23. The second-order valence-electron chi connectivity index (χ2n) is 10.2. The van der Waals surface area contributed by atoms with Crippen molar-refractivity contribution in [1.29, 1.82) is 0 Å². The maximum Gasteiger partial charge on any atom is 0.417 e. The molecule has 0 saturated carbocycles. The summed E-state index contributed by atoms with van der Waals surface area (Å²) < 4.78 is 102. The first-order valence-electron chi connectivity index (χ1n) is 12.3. The number of benzene rings is 2. The number of hydrogen-bond acceptors (Lipinski definition) is 5. The lowest BCUT2D eigenvalue weighted by molar-refractivity contribution is -0.184. The highest BCUT2D eigenvalue weighted by Gasteiger charge is 2.37. The highest BCUT2D eigenvalue weighted by atomic mass is 19.4. The minimum atomic E-state index is -5.10. The van der Waals surface area contributed by atoms with E-state index in [4.69, 9.17) is 14.2 Å². The van der Waals surface area contributed by atoms with Crippen LogP contribution in [0.1, 0.15) is 35.6 Å². The van der Waals surface area contributed by atoms with Gasteiger partial charge in [0.15, 0.2) is 0 Å². The van der Waals surface area contributed by atoms with Crippen molar-refractivity contribution in [2.75, 3.05) is 19.8 Å². The standard InChI is InChI=1S/C28H25F6NO4/c1-15-4-16-7-25(35-11-17(16)5-15)39-12-18-6-20(21(10-22(18)29)28(32,33)34)26-23(30)8-19(9-24(26)31)38-3-2-27(36)13-37-14-27/h6-11,15,36H,2-5,12-14H2,1H3/t15-/m0/s1. The van der Waals surface area contributed by atoms with Crippen LogP contribution in [0, 0.1) is 23.4 Å². The maximum atomic E-state index is 15.1. The molecule has 11 heteroatoms. The van der Waals surface area contributed by atoms with Crippen molar-refractivity contribution >= 4 is 0 Å². The van der Waals surface area contributed by atoms with Crippen LogP contribution in [0.25, 0.3) is 11.1 Å². The van der Waals surface area contributed by atoms with Crippen LogP contribution in [-0.4, -0.2) is 35.5 Å². The molecule has 0 spiro atoms. The highest BCUT2D eigenvalue weighted by molar-refractivity contribution is 5.71. The van der Waals surface area contributed by atoms with Gasteiger partial charge < -0.3 is 19.3 Å². The number of alkyl halides is 3. The second-order valence-corrected chi connectivity index (χ2v) is 10.2. The molecule has 5 rings (SSSR count). The Morgan fingerprint density at radius 2 is 1.67 bits per heavy atom. The van der Waals surface area contributed by atoms with E-state index in [-0.39, 0.29) is 49.5 Å². The van der Waals surface area contributed by atoms with Gasteiger partial charge in [0.1, 0.15) is 35.4 Å². The van der Waals surface area contributed by atoms with E-state index >= 15 is 8.78 Å². The van der Waals surface area contributed by atoms with Crippen molar-refractivity contribution in [2.45, 2.75) is 44.6 Å². The summed E-state index contributed by atoms with van der Waals surface area (Å²) in [6.07, 6.45) is -1.62. The van der Waals surface area contributed by atoms with E-state index in [1.165, 1.54) is 0 Å². The van der Waals surface area contributed by atoms with Crippen molar-refractivity contribution in [2.24, 2.45) is 5.92 Å². The molecule has 2 heterocycles. The van der Waals surface area contributed by atoms with Crippen LogP contribution in [0.2, 0.25) is 0 Å². The molecule has 0 radical (unpaired) electrons. The fraction of sp³-hybridized carbons (Fsp3) is 0.393. The van der Waals surface area contributed by atoms with Gasteiger partial charge in [-0.1, -0.05) is 6.92 Å². The van der Waals surface area contributed by atoms with Crippen LogP contribution < -0.4 is 9.47 Å². The van der Waals surface area contributed by atoms with Gasteiger partial charge >= 0.3 is 6.18 Å². The molecule has 0 bridgehead atoms. The summed E-state index contributed by atoms with van der Waals surface area (Å²) in [5.74, 6) is -3.55. The molecule has 1 aromatic heterocycles. The number of fused-ring (bicyclic) bond motifs is 1. The van der Waals surface area contributed by atoms with E-state index in [0.717, 1.165) is 42.2 Å². The third kappa shape index (κ3) is 5.84. The maximum absolute atomic E-state index is 15.1. The number of aromatic nitrogens is 1. The molecule has 5 nitrogen and oxygen atoms in total. The predicted molar refractivity (Wildman–Crippen MR) is 128 cm³/mol. The minimum Gasteiger partial charge on any atom is -0.493 e. The molecule has 1 N–H and O–H groups in total. The first kappa shape index (κ1) is 27.3. The van der Waals surface area contributed by atoms with Crippen molar-refractivity contribution < 1.29 is 45.7 Å². The predicted octanol–water partition coefficient (Wildman–Crippen LogP) is 6.03. The molecule has 39 heavy (non-hydrogen) atoms. The smallest absolute Gasteiger partial charge is 0.417 e. The van der Waals surface area contributed by atoms with Crippen molar-refractivity contribution in [3.63, 3.8) is 0 Å². The van der Waals surface area contributed by atoms with Gasteiger partial charge in [0, 0.05) is 41.9 Å². The third-order valence-corrected chi connectivity index (χ3v) is 6.92. The van der Waals surface area contributed by atoms with E-state index in [1.54, 1.807) is 12.3 Å². The summed E-state index contributed by atoms with van der Waals surface area (Å²) in [6.45, 7) is 1.70. The van der Waals surface area contributed by atoms with Crippen LogP contribution in [0.15, 0.2) is 36.5 Å². The van der Waals surface area contributed by atoms with E-state index in [0.29, 0.717) is 5.92 Å². The fourth-order valence-electron chi connectivity index (χ4n) is 4.83. The number of nitrogens with zero attached hydrogens (tertiary/aromatic N) is 1. The van der Waals surface area contributed by atoms with E-state index in [2.05, 4.69) is 11.9 Å². The molecule has 0 amide bonds. The van der Waals surface area contributed by atoms with Crippen LogP contribution >= 0.6 is 0 Å². The summed E-state index contributed by atoms with van der Waals surface area (Å²) in [6, 6.07) is 4.14. The average molecular weight is 553 g/mol. The van der Waals surface area contributed by atoms with E-state index < -0.39 is 52.5 Å². The van der Waals surface area contributed by atoms with Crippen molar-refractivity contribution in [1.82, 2.24) is 4.98 Å². The zero-order valence-electron chi connectivity index (χ0n) is 20.9. The Morgan fingerprint density at radius 3 is 2.31 bits per heavy atom. The van der Waals surface area contributed by atoms with Crippen LogP contribution in [0.4, 0.5) is 26.3 Å². The Bertz CT molecular complexity index is 1370. The molecule has 2 aliphatic rings. The molecule has 2 aromatic carbocycles. The molecule has 1 saturated heterocycles. The van der Waals surface area contributed by atoms with Crippen LogP contribution in [0.5, 0.6) is 11.6 Å². The average Bonchev–Trinajstić information content (AvgIpc) is 3.21. The number of aliphatic hydroxyl groups is 1. The third-order valence-electron chi connectivity index (χ3n) is 6.92. The number of hydrogen-bond donors (Lipinski definition) is 1. The van der Waals surface area contributed by atoms with Gasteiger partial charge in [0.25, 0.3) is 0 Å².